The van der Waals surface area contributed by atoms with Crippen molar-refractivity contribution in [1.29, 1.82) is 0 Å². The van der Waals surface area contributed by atoms with Gasteiger partial charge in [0, 0.05) is 27.8 Å². The molecule has 0 saturated heterocycles. The van der Waals surface area contributed by atoms with Crippen LogP contribution in [-0.2, 0) is 6.54 Å². The Hall–Kier alpha value is -1.99. The first kappa shape index (κ1) is 15.4. The summed E-state index contributed by atoms with van der Waals surface area (Å²) in [6.45, 7) is 2.48. The van der Waals surface area contributed by atoms with E-state index < -0.39 is 0 Å². The summed E-state index contributed by atoms with van der Waals surface area (Å²) >= 11 is 3.43. The van der Waals surface area contributed by atoms with Gasteiger partial charge in [0.05, 0.1) is 0 Å². The molecule has 0 aliphatic rings. The summed E-state index contributed by atoms with van der Waals surface area (Å²) in [6.07, 6.45) is 5.22. The Balaban J connectivity index is 2.17. The van der Waals surface area contributed by atoms with Gasteiger partial charge < -0.3 is 10.1 Å². The Bertz CT molecular complexity index is 679. The van der Waals surface area contributed by atoms with E-state index in [9.17, 15) is 4.39 Å². The van der Waals surface area contributed by atoms with Crippen LogP contribution in [-0.4, -0.2) is 6.61 Å². The lowest BCUT2D eigenvalue weighted by atomic mass is 10.1. The first-order chi connectivity index (χ1) is 10.1. The lowest BCUT2D eigenvalue weighted by Gasteiger charge is -2.13. The van der Waals surface area contributed by atoms with Crippen molar-refractivity contribution < 1.29 is 9.13 Å². The molecule has 2 rings (SSSR count). The predicted octanol–water partition coefficient (Wildman–Crippen LogP) is 4.52. The van der Waals surface area contributed by atoms with Gasteiger partial charge in [0.25, 0.3) is 0 Å². The Morgan fingerprint density at radius 2 is 2.14 bits per heavy atom. The molecule has 2 aromatic rings. The molecule has 0 atom stereocenters. The van der Waals surface area contributed by atoms with Crippen LogP contribution >= 0.6 is 15.9 Å². The fraction of sp³-hybridized carbons (Fsp3) is 0.176. The predicted molar refractivity (Wildman–Crippen MR) is 86.9 cm³/mol. The molecule has 2 nitrogen and oxygen atoms in total. The van der Waals surface area contributed by atoms with Crippen molar-refractivity contribution in [3.05, 3.63) is 57.8 Å². The average molecular weight is 348 g/mol. The van der Waals surface area contributed by atoms with Crippen LogP contribution in [0.5, 0.6) is 5.75 Å². The average Bonchev–Trinajstić information content (AvgIpc) is 2.48. The summed E-state index contributed by atoms with van der Waals surface area (Å²) < 4.78 is 20.0. The maximum Gasteiger partial charge on any atom is 0.148 e. The van der Waals surface area contributed by atoms with Crippen LogP contribution < -0.4 is 10.1 Å². The summed E-state index contributed by atoms with van der Waals surface area (Å²) in [5.74, 6) is 2.94. The van der Waals surface area contributed by atoms with Crippen LogP contribution in [0.2, 0.25) is 0 Å². The van der Waals surface area contributed by atoms with Gasteiger partial charge in [-0.15, -0.1) is 6.42 Å². The van der Waals surface area contributed by atoms with Crippen molar-refractivity contribution in [2.75, 3.05) is 11.9 Å². The maximum atomic E-state index is 13.5. The summed E-state index contributed by atoms with van der Waals surface area (Å²) in [6, 6.07) is 10.7. The number of rotatable bonds is 5. The van der Waals surface area contributed by atoms with Crippen molar-refractivity contribution in [1.82, 2.24) is 0 Å². The third-order valence-electron chi connectivity index (χ3n) is 3.07. The molecule has 2 aromatic carbocycles. The van der Waals surface area contributed by atoms with E-state index in [4.69, 9.17) is 11.2 Å². The van der Waals surface area contributed by atoms with Gasteiger partial charge in [0.15, 0.2) is 0 Å². The van der Waals surface area contributed by atoms with Crippen molar-refractivity contribution in [2.45, 2.75) is 13.5 Å². The smallest absolute Gasteiger partial charge is 0.148 e. The third-order valence-corrected chi connectivity index (χ3v) is 3.56. The molecule has 0 radical (unpaired) electrons. The van der Waals surface area contributed by atoms with Gasteiger partial charge >= 0.3 is 0 Å². The second-order valence-corrected chi connectivity index (χ2v) is 5.43. The van der Waals surface area contributed by atoms with Gasteiger partial charge in [-0.2, -0.15) is 0 Å². The first-order valence-corrected chi connectivity index (χ1v) is 7.25. The zero-order valence-electron chi connectivity index (χ0n) is 11.6. The highest BCUT2D eigenvalue weighted by atomic mass is 79.9. The Morgan fingerprint density at radius 3 is 2.90 bits per heavy atom. The van der Waals surface area contributed by atoms with Gasteiger partial charge in [0.1, 0.15) is 18.2 Å². The quantitative estimate of drug-likeness (QED) is 0.802. The van der Waals surface area contributed by atoms with E-state index in [1.54, 1.807) is 13.0 Å². The molecule has 0 bridgehead atoms. The van der Waals surface area contributed by atoms with Crippen molar-refractivity contribution >= 4 is 21.6 Å². The van der Waals surface area contributed by atoms with E-state index in [0.29, 0.717) is 12.1 Å². The molecule has 1 N–H and O–H groups in total. The van der Waals surface area contributed by atoms with E-state index in [1.807, 2.05) is 24.3 Å². The molecule has 0 fully saturated rings. The second kappa shape index (κ2) is 7.14. The Kier molecular flexibility index (Phi) is 5.24. The minimum absolute atomic E-state index is 0.216. The van der Waals surface area contributed by atoms with Crippen LogP contribution in [0.1, 0.15) is 11.1 Å². The van der Waals surface area contributed by atoms with Gasteiger partial charge in [0.2, 0.25) is 0 Å². The van der Waals surface area contributed by atoms with Crippen LogP contribution in [0.25, 0.3) is 0 Å². The number of hydrogen-bond acceptors (Lipinski definition) is 2. The molecule has 108 valence electrons. The zero-order chi connectivity index (χ0) is 15.2. The van der Waals surface area contributed by atoms with Crippen molar-refractivity contribution in [2.24, 2.45) is 0 Å². The molecular weight excluding hydrogens is 333 g/mol. The minimum atomic E-state index is -0.224. The Morgan fingerprint density at radius 1 is 1.33 bits per heavy atom. The molecular formula is C17H15BrFNO. The Labute approximate surface area is 132 Å². The number of ether oxygens (including phenoxy) is 1. The summed E-state index contributed by atoms with van der Waals surface area (Å²) in [4.78, 5) is 0. The minimum Gasteiger partial charge on any atom is -0.481 e. The first-order valence-electron chi connectivity index (χ1n) is 6.45. The number of terminal acetylenes is 1. The molecule has 4 heteroatoms. The highest BCUT2D eigenvalue weighted by Crippen LogP contribution is 2.25. The maximum absolute atomic E-state index is 13.5. The van der Waals surface area contributed by atoms with Crippen LogP contribution in [0.3, 0.4) is 0 Å². The molecule has 0 aromatic heterocycles. The van der Waals surface area contributed by atoms with Gasteiger partial charge in [-0.25, -0.2) is 4.39 Å². The van der Waals surface area contributed by atoms with Crippen molar-refractivity contribution in [3.63, 3.8) is 0 Å². The van der Waals surface area contributed by atoms with E-state index in [0.717, 1.165) is 21.5 Å². The molecule has 0 amide bonds. The van der Waals surface area contributed by atoms with Gasteiger partial charge in [-0.1, -0.05) is 27.9 Å². The van der Waals surface area contributed by atoms with E-state index in [1.165, 1.54) is 6.07 Å². The second-order valence-electron chi connectivity index (χ2n) is 4.51. The molecule has 0 unspecified atom stereocenters. The lowest BCUT2D eigenvalue weighted by molar-refractivity contribution is 0.366. The largest absolute Gasteiger partial charge is 0.481 e. The summed E-state index contributed by atoms with van der Waals surface area (Å²) in [5.41, 5.74) is 2.31. The van der Waals surface area contributed by atoms with E-state index in [2.05, 4.69) is 27.2 Å². The monoisotopic (exact) mass is 347 g/mol. The normalized spacial score (nSPS) is 10.0. The SMILES string of the molecule is C#CCOc1ccc(Br)cc1CNc1cccc(F)c1C. The van der Waals surface area contributed by atoms with Crippen molar-refractivity contribution in [3.8, 4) is 18.1 Å². The highest BCUT2D eigenvalue weighted by Gasteiger charge is 2.07. The molecule has 21 heavy (non-hydrogen) atoms. The fourth-order valence-corrected chi connectivity index (χ4v) is 2.34. The van der Waals surface area contributed by atoms with E-state index >= 15 is 0 Å². The molecule has 0 heterocycles. The molecule has 0 aliphatic carbocycles. The summed E-state index contributed by atoms with van der Waals surface area (Å²) in [7, 11) is 0. The molecule has 0 spiro atoms. The number of hydrogen-bond donors (Lipinski definition) is 1. The fourth-order valence-electron chi connectivity index (χ4n) is 1.94. The summed E-state index contributed by atoms with van der Waals surface area (Å²) in [5, 5.41) is 3.22. The van der Waals surface area contributed by atoms with Crippen LogP contribution in [0.15, 0.2) is 40.9 Å². The number of nitrogens with one attached hydrogen (secondary N) is 1. The standard InChI is InChI=1S/C17H15BrFNO/c1-3-9-21-17-8-7-14(18)10-13(17)11-20-16-6-4-5-15(19)12(16)2/h1,4-8,10,20H,9,11H2,2H3. The third kappa shape index (κ3) is 3.99. The topological polar surface area (TPSA) is 21.3 Å². The zero-order valence-corrected chi connectivity index (χ0v) is 13.2. The van der Waals surface area contributed by atoms with Gasteiger partial charge in [-0.05, 0) is 37.3 Å². The lowest BCUT2D eigenvalue weighted by Crippen LogP contribution is -2.05. The number of halogens is 2. The highest BCUT2D eigenvalue weighted by molar-refractivity contribution is 9.10. The number of anilines is 1. The van der Waals surface area contributed by atoms with E-state index in [-0.39, 0.29) is 12.4 Å². The van der Waals surface area contributed by atoms with Crippen LogP contribution in [0, 0.1) is 25.1 Å². The molecule has 0 aliphatic heterocycles. The number of benzene rings is 2. The molecule has 0 saturated carbocycles. The van der Waals surface area contributed by atoms with Crippen LogP contribution in [0.4, 0.5) is 10.1 Å². The van der Waals surface area contributed by atoms with Gasteiger partial charge in [-0.3, -0.25) is 0 Å².